The highest BCUT2D eigenvalue weighted by Gasteiger charge is 2.34. The summed E-state index contributed by atoms with van der Waals surface area (Å²) in [6.07, 6.45) is 2.87. The molecule has 0 spiro atoms. The van der Waals surface area contributed by atoms with Gasteiger partial charge in [0.2, 0.25) is 0 Å². The molecule has 1 heterocycles. The van der Waals surface area contributed by atoms with Crippen LogP contribution in [0.3, 0.4) is 0 Å². The third-order valence-electron chi connectivity index (χ3n) is 4.87. The third-order valence-corrected chi connectivity index (χ3v) is 5.40. The number of nitrogens with one attached hydrogen (secondary N) is 2. The fourth-order valence-corrected chi connectivity index (χ4v) is 3.35. The van der Waals surface area contributed by atoms with Crippen LogP contribution in [0.1, 0.15) is 57.8 Å². The van der Waals surface area contributed by atoms with Gasteiger partial charge in [-0.25, -0.2) is 4.68 Å². The molecular weight excluding hydrogens is 434 g/mol. The SMILES string of the molecule is CCc1ccc(C(=O)NNC(=O)c2nnn(-c3ccc(Br)cc3)c2C2CC2)cc1. The number of benzene rings is 2. The summed E-state index contributed by atoms with van der Waals surface area (Å²) in [5, 5.41) is 8.27. The second-order valence-electron chi connectivity index (χ2n) is 6.94. The van der Waals surface area contributed by atoms with E-state index in [1.165, 1.54) is 0 Å². The minimum atomic E-state index is -0.478. The van der Waals surface area contributed by atoms with Crippen molar-refractivity contribution in [3.8, 4) is 5.69 Å². The lowest BCUT2D eigenvalue weighted by Crippen LogP contribution is -2.42. The number of rotatable bonds is 5. The molecule has 1 fully saturated rings. The molecule has 1 aliphatic rings. The van der Waals surface area contributed by atoms with Crippen molar-refractivity contribution in [2.24, 2.45) is 0 Å². The zero-order valence-electron chi connectivity index (χ0n) is 15.9. The van der Waals surface area contributed by atoms with Crippen LogP contribution in [0.4, 0.5) is 0 Å². The van der Waals surface area contributed by atoms with Gasteiger partial charge in [0.15, 0.2) is 5.69 Å². The fourth-order valence-electron chi connectivity index (χ4n) is 3.08. The molecule has 0 atom stereocenters. The van der Waals surface area contributed by atoms with Crippen LogP contribution in [-0.2, 0) is 6.42 Å². The van der Waals surface area contributed by atoms with Crippen LogP contribution in [-0.4, -0.2) is 26.8 Å². The van der Waals surface area contributed by atoms with E-state index < -0.39 is 5.91 Å². The van der Waals surface area contributed by atoms with Crippen molar-refractivity contribution in [2.75, 3.05) is 0 Å². The summed E-state index contributed by atoms with van der Waals surface area (Å²) < 4.78 is 2.66. The van der Waals surface area contributed by atoms with E-state index >= 15 is 0 Å². The molecule has 4 rings (SSSR count). The Morgan fingerprint density at radius 3 is 2.31 bits per heavy atom. The van der Waals surface area contributed by atoms with Crippen molar-refractivity contribution >= 4 is 27.7 Å². The summed E-state index contributed by atoms with van der Waals surface area (Å²) in [6.45, 7) is 2.05. The molecule has 3 aromatic rings. The molecule has 0 aliphatic heterocycles. The quantitative estimate of drug-likeness (QED) is 0.578. The van der Waals surface area contributed by atoms with Crippen molar-refractivity contribution in [2.45, 2.75) is 32.1 Å². The van der Waals surface area contributed by atoms with E-state index in [2.05, 4.69) is 37.1 Å². The molecule has 0 unspecified atom stereocenters. The van der Waals surface area contributed by atoms with Gasteiger partial charge in [-0.3, -0.25) is 20.4 Å². The summed E-state index contributed by atoms with van der Waals surface area (Å²) in [5.41, 5.74) is 8.37. The Morgan fingerprint density at radius 1 is 1.03 bits per heavy atom. The van der Waals surface area contributed by atoms with Crippen LogP contribution < -0.4 is 10.9 Å². The fraction of sp³-hybridized carbons (Fsp3) is 0.238. The molecule has 1 aliphatic carbocycles. The maximum atomic E-state index is 12.7. The molecule has 2 aromatic carbocycles. The van der Waals surface area contributed by atoms with Crippen molar-refractivity contribution in [3.05, 3.63) is 75.5 Å². The maximum absolute atomic E-state index is 12.7. The molecule has 0 radical (unpaired) electrons. The molecule has 7 nitrogen and oxygen atoms in total. The van der Waals surface area contributed by atoms with Crippen molar-refractivity contribution < 1.29 is 9.59 Å². The monoisotopic (exact) mass is 453 g/mol. The zero-order valence-corrected chi connectivity index (χ0v) is 17.4. The van der Waals surface area contributed by atoms with Gasteiger partial charge in [-0.1, -0.05) is 40.2 Å². The van der Waals surface area contributed by atoms with Gasteiger partial charge >= 0.3 is 0 Å². The van der Waals surface area contributed by atoms with Crippen LogP contribution in [0.5, 0.6) is 0 Å². The summed E-state index contributed by atoms with van der Waals surface area (Å²) >= 11 is 3.42. The van der Waals surface area contributed by atoms with Gasteiger partial charge in [-0.15, -0.1) is 5.10 Å². The standard InChI is InChI=1S/C21H20BrN5O2/c1-2-13-3-5-15(6-4-13)20(28)24-25-21(29)18-19(14-7-8-14)27(26-23-18)17-11-9-16(22)10-12-17/h3-6,9-12,14H,2,7-8H2,1H3,(H,24,28)(H,25,29). The number of aryl methyl sites for hydroxylation is 1. The molecular formula is C21H20BrN5O2. The first-order valence-electron chi connectivity index (χ1n) is 9.48. The van der Waals surface area contributed by atoms with Crippen LogP contribution in [0.15, 0.2) is 53.0 Å². The Kier molecular flexibility index (Phi) is 5.44. The van der Waals surface area contributed by atoms with Crippen LogP contribution >= 0.6 is 15.9 Å². The smallest absolute Gasteiger partial charge is 0.267 e. The van der Waals surface area contributed by atoms with Crippen molar-refractivity contribution in [1.29, 1.82) is 0 Å². The second kappa shape index (κ2) is 8.16. The summed E-state index contributed by atoms with van der Waals surface area (Å²) in [7, 11) is 0. The lowest BCUT2D eigenvalue weighted by Gasteiger charge is -2.09. The average molecular weight is 454 g/mol. The minimum absolute atomic E-state index is 0.233. The molecule has 1 saturated carbocycles. The summed E-state index contributed by atoms with van der Waals surface area (Å²) in [5.74, 6) is -0.616. The summed E-state index contributed by atoms with van der Waals surface area (Å²) in [4.78, 5) is 25.0. The first kappa shape index (κ1) is 19.3. The van der Waals surface area contributed by atoms with Gasteiger partial charge in [-0.2, -0.15) is 0 Å². The Labute approximate surface area is 176 Å². The highest BCUT2D eigenvalue weighted by molar-refractivity contribution is 9.10. The van der Waals surface area contributed by atoms with E-state index in [0.717, 1.165) is 40.7 Å². The largest absolute Gasteiger partial charge is 0.292 e. The minimum Gasteiger partial charge on any atom is -0.267 e. The molecule has 8 heteroatoms. The number of aromatic nitrogens is 3. The van der Waals surface area contributed by atoms with E-state index in [0.29, 0.717) is 5.56 Å². The Bertz CT molecular complexity index is 1040. The van der Waals surface area contributed by atoms with E-state index in [9.17, 15) is 9.59 Å². The second-order valence-corrected chi connectivity index (χ2v) is 7.86. The van der Waals surface area contributed by atoms with E-state index in [4.69, 9.17) is 0 Å². The Hall–Kier alpha value is -3.00. The first-order valence-corrected chi connectivity index (χ1v) is 10.3. The molecule has 2 amide bonds. The molecule has 29 heavy (non-hydrogen) atoms. The number of carbonyl (C=O) groups excluding carboxylic acids is 2. The normalized spacial score (nSPS) is 13.2. The lowest BCUT2D eigenvalue weighted by atomic mass is 10.1. The van der Waals surface area contributed by atoms with Gasteiger partial charge in [-0.05, 0) is 61.2 Å². The Morgan fingerprint density at radius 2 is 1.69 bits per heavy atom. The molecule has 1 aromatic heterocycles. The number of nitrogens with zero attached hydrogens (tertiary/aromatic N) is 3. The molecule has 0 bridgehead atoms. The van der Waals surface area contributed by atoms with Crippen molar-refractivity contribution in [3.63, 3.8) is 0 Å². The van der Waals surface area contributed by atoms with Gasteiger partial charge in [0.05, 0.1) is 11.4 Å². The Balaban J connectivity index is 1.50. The number of halogens is 1. The highest BCUT2D eigenvalue weighted by Crippen LogP contribution is 2.42. The van der Waals surface area contributed by atoms with E-state index in [-0.39, 0.29) is 17.5 Å². The van der Waals surface area contributed by atoms with E-state index in [1.54, 1.807) is 16.8 Å². The van der Waals surface area contributed by atoms with Crippen LogP contribution in [0.2, 0.25) is 0 Å². The van der Waals surface area contributed by atoms with Gasteiger partial charge < -0.3 is 0 Å². The van der Waals surface area contributed by atoms with Crippen LogP contribution in [0, 0.1) is 0 Å². The zero-order chi connectivity index (χ0) is 20.4. The predicted molar refractivity (Wildman–Crippen MR) is 112 cm³/mol. The predicted octanol–water partition coefficient (Wildman–Crippen LogP) is 3.54. The van der Waals surface area contributed by atoms with E-state index in [1.807, 2.05) is 43.3 Å². The third kappa shape index (κ3) is 4.22. The number of carbonyl (C=O) groups is 2. The number of hydrazine groups is 1. The van der Waals surface area contributed by atoms with Gasteiger partial charge in [0, 0.05) is 16.0 Å². The lowest BCUT2D eigenvalue weighted by molar-refractivity contribution is 0.0843. The van der Waals surface area contributed by atoms with Gasteiger partial charge in [0.25, 0.3) is 11.8 Å². The molecule has 148 valence electrons. The molecule has 0 saturated heterocycles. The maximum Gasteiger partial charge on any atom is 0.292 e. The van der Waals surface area contributed by atoms with Gasteiger partial charge in [0.1, 0.15) is 0 Å². The molecule has 2 N–H and O–H groups in total. The number of amides is 2. The summed E-state index contributed by atoms with van der Waals surface area (Å²) in [6, 6.07) is 14.9. The number of hydrogen-bond donors (Lipinski definition) is 2. The average Bonchev–Trinajstić information content (AvgIpc) is 3.50. The van der Waals surface area contributed by atoms with Crippen LogP contribution in [0.25, 0.3) is 5.69 Å². The number of hydrogen-bond acceptors (Lipinski definition) is 4. The van der Waals surface area contributed by atoms with Crippen molar-refractivity contribution in [1.82, 2.24) is 25.8 Å². The highest BCUT2D eigenvalue weighted by atomic mass is 79.9. The first-order chi connectivity index (χ1) is 14.1. The topological polar surface area (TPSA) is 88.9 Å².